The van der Waals surface area contributed by atoms with Gasteiger partial charge in [-0.05, 0) is 6.07 Å². The van der Waals surface area contributed by atoms with Crippen LogP contribution in [0.25, 0.3) is 11.5 Å². The highest BCUT2D eigenvalue weighted by atomic mass is 35.5. The summed E-state index contributed by atoms with van der Waals surface area (Å²) in [6, 6.07) is 1.57. The van der Waals surface area contributed by atoms with Crippen molar-refractivity contribution in [2.24, 2.45) is 0 Å². The minimum Gasteiger partial charge on any atom is -0.245 e. The minimum atomic E-state index is -0.837. The van der Waals surface area contributed by atoms with Crippen molar-refractivity contribution < 1.29 is 4.39 Å². The molecule has 0 amide bonds. The zero-order chi connectivity index (χ0) is 10.8. The summed E-state index contributed by atoms with van der Waals surface area (Å²) in [6.45, 7) is 0. The standard InChI is InChI=1S/C8H3Cl2FN4/c9-6-5(11)7(10)15-8(14-6)4-1-2-12-3-13-4/h1-3H. The lowest BCUT2D eigenvalue weighted by atomic mass is 10.4. The smallest absolute Gasteiger partial charge is 0.197 e. The molecule has 0 aliphatic rings. The molecule has 0 radical (unpaired) electrons. The van der Waals surface area contributed by atoms with Crippen LogP contribution in [0.3, 0.4) is 0 Å². The van der Waals surface area contributed by atoms with Crippen LogP contribution in [0.1, 0.15) is 0 Å². The van der Waals surface area contributed by atoms with E-state index in [2.05, 4.69) is 19.9 Å². The molecule has 7 heteroatoms. The fraction of sp³-hybridized carbons (Fsp3) is 0. The number of nitrogens with zero attached hydrogens (tertiary/aromatic N) is 4. The van der Waals surface area contributed by atoms with Crippen LogP contribution < -0.4 is 0 Å². The molecule has 0 atom stereocenters. The first-order valence-electron chi connectivity index (χ1n) is 3.83. The maximum Gasteiger partial charge on any atom is 0.197 e. The van der Waals surface area contributed by atoms with Crippen molar-refractivity contribution in [3.8, 4) is 11.5 Å². The molecule has 0 spiro atoms. The van der Waals surface area contributed by atoms with Crippen molar-refractivity contribution in [1.29, 1.82) is 0 Å². The normalized spacial score (nSPS) is 10.3. The molecule has 0 aromatic carbocycles. The summed E-state index contributed by atoms with van der Waals surface area (Å²) >= 11 is 11.0. The van der Waals surface area contributed by atoms with Gasteiger partial charge in [-0.15, -0.1) is 0 Å². The first-order valence-corrected chi connectivity index (χ1v) is 4.59. The first kappa shape index (κ1) is 10.2. The average Bonchev–Trinajstić information content (AvgIpc) is 2.26. The van der Waals surface area contributed by atoms with Gasteiger partial charge >= 0.3 is 0 Å². The van der Waals surface area contributed by atoms with Gasteiger partial charge in [-0.3, -0.25) is 0 Å². The third-order valence-electron chi connectivity index (χ3n) is 1.58. The molecule has 0 N–H and O–H groups in total. The van der Waals surface area contributed by atoms with Crippen molar-refractivity contribution in [2.45, 2.75) is 0 Å². The molecule has 2 aromatic rings. The Morgan fingerprint density at radius 2 is 1.80 bits per heavy atom. The van der Waals surface area contributed by atoms with Crippen LogP contribution >= 0.6 is 23.2 Å². The zero-order valence-electron chi connectivity index (χ0n) is 7.15. The van der Waals surface area contributed by atoms with Crippen LogP contribution in [-0.2, 0) is 0 Å². The molecule has 0 saturated heterocycles. The Kier molecular flexibility index (Phi) is 2.75. The topological polar surface area (TPSA) is 51.6 Å². The van der Waals surface area contributed by atoms with E-state index in [0.29, 0.717) is 5.69 Å². The van der Waals surface area contributed by atoms with Crippen molar-refractivity contribution in [3.05, 3.63) is 34.7 Å². The molecule has 15 heavy (non-hydrogen) atoms. The van der Waals surface area contributed by atoms with Gasteiger partial charge in [-0.25, -0.2) is 24.3 Å². The molecular formula is C8H3Cl2FN4. The second-order valence-electron chi connectivity index (χ2n) is 2.54. The van der Waals surface area contributed by atoms with E-state index in [9.17, 15) is 4.39 Å². The summed E-state index contributed by atoms with van der Waals surface area (Å²) in [7, 11) is 0. The molecule has 0 fully saturated rings. The first-order chi connectivity index (χ1) is 7.18. The van der Waals surface area contributed by atoms with Gasteiger partial charge in [0.1, 0.15) is 12.0 Å². The molecular weight excluding hydrogens is 242 g/mol. The van der Waals surface area contributed by atoms with Gasteiger partial charge in [0, 0.05) is 6.20 Å². The Balaban J connectivity index is 2.56. The summed E-state index contributed by atoms with van der Waals surface area (Å²) < 4.78 is 13.0. The summed E-state index contributed by atoms with van der Waals surface area (Å²) in [5.74, 6) is -0.676. The van der Waals surface area contributed by atoms with Gasteiger partial charge in [-0.1, -0.05) is 23.2 Å². The monoisotopic (exact) mass is 244 g/mol. The van der Waals surface area contributed by atoms with E-state index in [1.807, 2.05) is 0 Å². The van der Waals surface area contributed by atoms with Gasteiger partial charge in [0.25, 0.3) is 0 Å². The number of aromatic nitrogens is 4. The Bertz CT molecular complexity index is 468. The van der Waals surface area contributed by atoms with Gasteiger partial charge in [0.2, 0.25) is 0 Å². The average molecular weight is 245 g/mol. The molecule has 2 rings (SSSR count). The highest BCUT2D eigenvalue weighted by Crippen LogP contribution is 2.22. The van der Waals surface area contributed by atoms with E-state index in [0.717, 1.165) is 0 Å². The van der Waals surface area contributed by atoms with Gasteiger partial charge in [0.15, 0.2) is 21.9 Å². The lowest BCUT2D eigenvalue weighted by Crippen LogP contribution is -1.96. The Morgan fingerprint density at radius 1 is 1.13 bits per heavy atom. The van der Waals surface area contributed by atoms with E-state index in [-0.39, 0.29) is 16.1 Å². The third-order valence-corrected chi connectivity index (χ3v) is 2.08. The zero-order valence-corrected chi connectivity index (χ0v) is 8.67. The predicted molar refractivity (Wildman–Crippen MR) is 53.0 cm³/mol. The van der Waals surface area contributed by atoms with Crippen molar-refractivity contribution in [3.63, 3.8) is 0 Å². The molecule has 2 heterocycles. The van der Waals surface area contributed by atoms with Crippen molar-refractivity contribution >= 4 is 23.2 Å². The molecule has 2 aromatic heterocycles. The fourth-order valence-corrected chi connectivity index (χ4v) is 1.32. The number of halogens is 3. The number of rotatable bonds is 1. The highest BCUT2D eigenvalue weighted by molar-refractivity contribution is 6.33. The van der Waals surface area contributed by atoms with Crippen LogP contribution in [-0.4, -0.2) is 19.9 Å². The fourth-order valence-electron chi connectivity index (χ4n) is 0.932. The maximum atomic E-state index is 13.0. The molecule has 0 saturated carbocycles. The second kappa shape index (κ2) is 4.04. The molecule has 0 unspecified atom stereocenters. The van der Waals surface area contributed by atoms with E-state index < -0.39 is 5.82 Å². The molecule has 0 aliphatic heterocycles. The van der Waals surface area contributed by atoms with Gasteiger partial charge in [0.05, 0.1) is 0 Å². The SMILES string of the molecule is Fc1c(Cl)nc(-c2ccncn2)nc1Cl. The summed E-state index contributed by atoms with van der Waals surface area (Å²) in [5.41, 5.74) is 0.425. The largest absolute Gasteiger partial charge is 0.245 e. The minimum absolute atomic E-state index is 0.161. The molecule has 76 valence electrons. The second-order valence-corrected chi connectivity index (χ2v) is 3.25. The number of hydrogen-bond acceptors (Lipinski definition) is 4. The van der Waals surface area contributed by atoms with Crippen LogP contribution in [0, 0.1) is 5.82 Å². The summed E-state index contributed by atoms with van der Waals surface area (Å²) in [6.07, 6.45) is 2.83. The Morgan fingerprint density at radius 3 is 2.33 bits per heavy atom. The van der Waals surface area contributed by atoms with Crippen molar-refractivity contribution in [2.75, 3.05) is 0 Å². The Hall–Kier alpha value is -1.33. The summed E-state index contributed by atoms with van der Waals surface area (Å²) in [4.78, 5) is 15.0. The van der Waals surface area contributed by atoms with Crippen LogP contribution in [0.15, 0.2) is 18.6 Å². The van der Waals surface area contributed by atoms with E-state index >= 15 is 0 Å². The Labute approximate surface area is 94.1 Å². The van der Waals surface area contributed by atoms with Crippen LogP contribution in [0.4, 0.5) is 4.39 Å². The van der Waals surface area contributed by atoms with Crippen LogP contribution in [0.2, 0.25) is 10.3 Å². The molecule has 0 aliphatic carbocycles. The van der Waals surface area contributed by atoms with E-state index in [1.165, 1.54) is 12.5 Å². The van der Waals surface area contributed by atoms with Gasteiger partial charge < -0.3 is 0 Å². The van der Waals surface area contributed by atoms with Crippen molar-refractivity contribution in [1.82, 2.24) is 19.9 Å². The summed E-state index contributed by atoms with van der Waals surface area (Å²) in [5, 5.41) is -0.660. The maximum absolute atomic E-state index is 13.0. The van der Waals surface area contributed by atoms with Gasteiger partial charge in [-0.2, -0.15) is 0 Å². The number of hydrogen-bond donors (Lipinski definition) is 0. The highest BCUT2D eigenvalue weighted by Gasteiger charge is 2.12. The predicted octanol–water partition coefficient (Wildman–Crippen LogP) is 2.38. The lowest BCUT2D eigenvalue weighted by molar-refractivity contribution is 0.615. The van der Waals surface area contributed by atoms with E-state index in [1.54, 1.807) is 6.07 Å². The van der Waals surface area contributed by atoms with E-state index in [4.69, 9.17) is 23.2 Å². The third kappa shape index (κ3) is 2.03. The molecule has 4 nitrogen and oxygen atoms in total. The van der Waals surface area contributed by atoms with Crippen LogP contribution in [0.5, 0.6) is 0 Å². The molecule has 0 bridgehead atoms. The quantitative estimate of drug-likeness (QED) is 0.723. The lowest BCUT2D eigenvalue weighted by Gasteiger charge is -2.00.